The van der Waals surface area contributed by atoms with Crippen LogP contribution >= 0.6 is 0 Å². The summed E-state index contributed by atoms with van der Waals surface area (Å²) in [4.78, 5) is 7.65. The van der Waals surface area contributed by atoms with Crippen LogP contribution < -0.4 is 10.7 Å². The fraction of sp³-hybridized carbons (Fsp3) is 0.213. The lowest BCUT2D eigenvalue weighted by Crippen LogP contribution is -2.35. The van der Waals surface area contributed by atoms with Crippen molar-refractivity contribution in [1.29, 1.82) is 0 Å². The van der Waals surface area contributed by atoms with Gasteiger partial charge in [0.25, 0.3) is 0 Å². The molecule has 1 aromatic heterocycles. The van der Waals surface area contributed by atoms with Crippen LogP contribution in [-0.2, 0) is 0 Å². The lowest BCUT2D eigenvalue weighted by atomic mass is 9.98. The molecule has 4 aromatic carbocycles. The SMILES string of the molecule is C=C/C(C)=C(\Nc1ccccc1)c1ccc2cccc3c2c1c(=C)n3/C(=C/C(=C\C)N1C2C=CC=CC2=NC1c1ccccc1)CC.CC.CC. The Morgan fingerprint density at radius 1 is 0.863 bits per heavy atom. The van der Waals surface area contributed by atoms with Gasteiger partial charge in [0.2, 0.25) is 0 Å². The molecule has 0 saturated carbocycles. The minimum Gasteiger partial charge on any atom is -0.355 e. The minimum atomic E-state index is -0.114. The first kappa shape index (κ1) is 36.7. The number of nitrogens with one attached hydrogen (secondary N) is 1. The average Bonchev–Trinajstić information content (AvgIpc) is 3.73. The van der Waals surface area contributed by atoms with Crippen LogP contribution in [0.2, 0.25) is 0 Å². The summed E-state index contributed by atoms with van der Waals surface area (Å²) in [6, 6.07) is 32.0. The minimum absolute atomic E-state index is 0.0680. The number of anilines is 1. The number of fused-ring (bicyclic) bond motifs is 1. The van der Waals surface area contributed by atoms with Crippen molar-refractivity contribution >= 4 is 51.0 Å². The molecular formula is C47H52N4. The van der Waals surface area contributed by atoms with Crippen LogP contribution in [0.5, 0.6) is 0 Å². The second-order valence-electron chi connectivity index (χ2n) is 12.0. The molecule has 0 saturated heterocycles. The highest BCUT2D eigenvalue weighted by Gasteiger charge is 2.36. The molecule has 7 rings (SSSR count). The molecule has 4 nitrogen and oxygen atoms in total. The smallest absolute Gasteiger partial charge is 0.148 e. The molecule has 0 radical (unpaired) electrons. The first-order valence-corrected chi connectivity index (χ1v) is 18.4. The van der Waals surface area contributed by atoms with Crippen molar-refractivity contribution in [1.82, 2.24) is 9.47 Å². The average molecular weight is 673 g/mol. The van der Waals surface area contributed by atoms with Gasteiger partial charge >= 0.3 is 0 Å². The van der Waals surface area contributed by atoms with Crippen LogP contribution in [-0.4, -0.2) is 21.2 Å². The van der Waals surface area contributed by atoms with Gasteiger partial charge in [-0.25, -0.2) is 0 Å². The monoisotopic (exact) mass is 672 g/mol. The number of para-hydroxylation sites is 1. The summed E-state index contributed by atoms with van der Waals surface area (Å²) in [5.74, 6) is 0. The Bertz CT molecular complexity index is 2210. The summed E-state index contributed by atoms with van der Waals surface area (Å²) < 4.78 is 2.36. The molecule has 0 spiro atoms. The van der Waals surface area contributed by atoms with E-state index in [1.165, 1.54) is 22.0 Å². The molecule has 1 aliphatic carbocycles. The van der Waals surface area contributed by atoms with Crippen molar-refractivity contribution < 1.29 is 0 Å². The number of benzene rings is 4. The van der Waals surface area contributed by atoms with Crippen LogP contribution in [0, 0.1) is 0 Å². The summed E-state index contributed by atoms with van der Waals surface area (Å²) in [7, 11) is 0. The predicted octanol–water partition coefficient (Wildman–Crippen LogP) is 12.1. The van der Waals surface area contributed by atoms with Gasteiger partial charge in [0.1, 0.15) is 6.17 Å². The Morgan fingerprint density at radius 2 is 1.57 bits per heavy atom. The first-order valence-electron chi connectivity index (χ1n) is 18.4. The Morgan fingerprint density at radius 3 is 2.24 bits per heavy atom. The molecule has 2 unspecified atom stereocenters. The van der Waals surface area contributed by atoms with Crippen molar-refractivity contribution in [3.05, 3.63) is 168 Å². The van der Waals surface area contributed by atoms with Crippen LogP contribution in [0.1, 0.15) is 72.2 Å². The normalized spacial score (nSPS) is 17.2. The van der Waals surface area contributed by atoms with Crippen molar-refractivity contribution in [3.8, 4) is 0 Å². The van der Waals surface area contributed by atoms with E-state index in [1.54, 1.807) is 0 Å². The zero-order chi connectivity index (χ0) is 36.5. The quantitative estimate of drug-likeness (QED) is 0.158. The molecule has 2 heterocycles. The highest BCUT2D eigenvalue weighted by atomic mass is 15.3. The second-order valence-corrected chi connectivity index (χ2v) is 12.0. The maximum Gasteiger partial charge on any atom is 0.148 e. The highest BCUT2D eigenvalue weighted by molar-refractivity contribution is 6.15. The van der Waals surface area contributed by atoms with Gasteiger partial charge in [0.15, 0.2) is 0 Å². The van der Waals surface area contributed by atoms with Crippen LogP contribution in [0.3, 0.4) is 0 Å². The molecule has 2 aliphatic rings. The fourth-order valence-electron chi connectivity index (χ4n) is 6.98. The van der Waals surface area contributed by atoms with Gasteiger partial charge < -0.3 is 14.8 Å². The van der Waals surface area contributed by atoms with Gasteiger partial charge in [0, 0.05) is 44.5 Å². The van der Waals surface area contributed by atoms with Gasteiger partial charge in [-0.1, -0.05) is 151 Å². The van der Waals surface area contributed by atoms with E-state index in [1.807, 2.05) is 39.8 Å². The third-order valence-corrected chi connectivity index (χ3v) is 9.30. The van der Waals surface area contributed by atoms with E-state index in [0.29, 0.717) is 0 Å². The number of nitrogens with zero attached hydrogens (tertiary/aromatic N) is 3. The van der Waals surface area contributed by atoms with Crippen molar-refractivity contribution in [2.75, 3.05) is 5.32 Å². The lowest BCUT2D eigenvalue weighted by molar-refractivity contribution is 0.294. The van der Waals surface area contributed by atoms with Gasteiger partial charge in [-0.2, -0.15) is 0 Å². The first-order chi connectivity index (χ1) is 25.0. The van der Waals surface area contributed by atoms with Crippen molar-refractivity contribution in [2.45, 2.75) is 67.1 Å². The molecule has 1 N–H and O–H groups in total. The number of allylic oxidation sites excluding steroid dienone is 7. The third-order valence-electron chi connectivity index (χ3n) is 9.30. The number of hydrogen-bond acceptors (Lipinski definition) is 3. The predicted molar refractivity (Wildman–Crippen MR) is 225 cm³/mol. The molecule has 5 aromatic rings. The van der Waals surface area contributed by atoms with Gasteiger partial charge in [0.05, 0.1) is 17.3 Å². The Balaban J connectivity index is 0.00000122. The number of rotatable bonds is 9. The topological polar surface area (TPSA) is 32.6 Å². The van der Waals surface area contributed by atoms with E-state index in [4.69, 9.17) is 11.6 Å². The number of aliphatic imine (C=N–C) groups is 1. The Labute approximate surface area is 304 Å². The Kier molecular flexibility index (Phi) is 12.1. The third kappa shape index (κ3) is 7.05. The molecule has 0 fully saturated rings. The van der Waals surface area contributed by atoms with E-state index in [-0.39, 0.29) is 12.2 Å². The van der Waals surface area contributed by atoms with E-state index >= 15 is 0 Å². The van der Waals surface area contributed by atoms with E-state index in [2.05, 4.69) is 164 Å². The summed E-state index contributed by atoms with van der Waals surface area (Å²) in [6.07, 6.45) is 15.8. The van der Waals surface area contributed by atoms with Crippen LogP contribution in [0.25, 0.3) is 39.6 Å². The maximum absolute atomic E-state index is 5.21. The molecule has 1 aliphatic heterocycles. The highest BCUT2D eigenvalue weighted by Crippen LogP contribution is 2.39. The molecule has 4 heteroatoms. The molecule has 0 bridgehead atoms. The molecule has 260 valence electrons. The number of hydrogen-bond donors (Lipinski definition) is 1. The Hall–Kier alpha value is -5.61. The van der Waals surface area contributed by atoms with Gasteiger partial charge in [-0.3, -0.25) is 4.99 Å². The zero-order valence-corrected chi connectivity index (χ0v) is 31.3. The van der Waals surface area contributed by atoms with E-state index in [0.717, 1.165) is 56.6 Å². The summed E-state index contributed by atoms with van der Waals surface area (Å²) >= 11 is 0. The van der Waals surface area contributed by atoms with E-state index < -0.39 is 0 Å². The van der Waals surface area contributed by atoms with Gasteiger partial charge in [-0.15, -0.1) is 0 Å². The molecule has 51 heavy (non-hydrogen) atoms. The lowest BCUT2D eigenvalue weighted by Gasteiger charge is -2.32. The van der Waals surface area contributed by atoms with E-state index in [9.17, 15) is 0 Å². The van der Waals surface area contributed by atoms with Crippen molar-refractivity contribution in [3.63, 3.8) is 0 Å². The summed E-state index contributed by atoms with van der Waals surface area (Å²) in [6.45, 7) is 23.4. The standard InChI is InChI=1S/C43H40N4.2C2H6/c1-6-29(4)42(44-33-21-13-10-14-22-33)36-27-26-31-20-17-25-39-41(31)40(36)30(5)46(39)34(7-2)28-35(8-3)47-38-24-16-15-23-37(38)45-43(47)32-18-11-9-12-19-32;2*1-2/h6,8-28,38,43-44H,1,5,7H2,2-4H3;2*1-2H3/b34-28+,35-8+,42-29-;;. The second kappa shape index (κ2) is 16.9. The van der Waals surface area contributed by atoms with Crippen LogP contribution in [0.4, 0.5) is 5.69 Å². The summed E-state index contributed by atoms with van der Waals surface area (Å²) in [5.41, 5.74) is 9.97. The maximum atomic E-state index is 5.21. The molecule has 2 atom stereocenters. The number of aromatic nitrogens is 1. The van der Waals surface area contributed by atoms with Crippen molar-refractivity contribution in [2.24, 2.45) is 4.99 Å². The van der Waals surface area contributed by atoms with Crippen LogP contribution in [0.15, 0.2) is 156 Å². The molecular weight excluding hydrogens is 621 g/mol. The summed E-state index contributed by atoms with van der Waals surface area (Å²) in [5, 5.41) is 8.24. The largest absolute Gasteiger partial charge is 0.355 e. The zero-order valence-electron chi connectivity index (χ0n) is 31.3. The molecule has 0 amide bonds. The fourth-order valence-corrected chi connectivity index (χ4v) is 6.98. The van der Waals surface area contributed by atoms with Gasteiger partial charge in [-0.05, 0) is 67.1 Å².